The SMILES string of the molecule is COCCN(C)C(=O)[C@@H]1CCCN1S(=O)(=O)c1ccc(N2CCC(F)(F)C2)c(-c2cc3ncccc3[nH]2)c1. The molecule has 1 aromatic carbocycles. The summed E-state index contributed by atoms with van der Waals surface area (Å²) in [5, 5.41) is 0. The molecule has 204 valence electrons. The third-order valence-corrected chi connectivity index (χ3v) is 9.16. The lowest BCUT2D eigenvalue weighted by Crippen LogP contribution is -2.47. The smallest absolute Gasteiger partial charge is 0.266 e. The highest BCUT2D eigenvalue weighted by Crippen LogP contribution is 2.39. The maximum atomic E-state index is 14.1. The molecule has 0 saturated carbocycles. The van der Waals surface area contributed by atoms with Crippen molar-refractivity contribution < 1.29 is 26.7 Å². The standard InChI is InChI=1S/C26H31F2N5O4S/c1-31(13-14-37-2)25(34)24-6-4-11-33(24)38(35,36)18-7-8-23(32-12-9-26(27,28)17-32)19(15-18)21-16-22-20(30-21)5-3-10-29-22/h3,5,7-8,10,15-16,24,30H,4,6,9,11-14,17H2,1-2H3/t24-/m0/s1. The zero-order valence-corrected chi connectivity index (χ0v) is 22.2. The number of amides is 1. The van der Waals surface area contributed by atoms with Crippen LogP contribution < -0.4 is 4.90 Å². The Morgan fingerprint density at radius 2 is 2.08 bits per heavy atom. The van der Waals surface area contributed by atoms with Crippen LogP contribution in [0.25, 0.3) is 22.3 Å². The zero-order valence-electron chi connectivity index (χ0n) is 21.4. The van der Waals surface area contributed by atoms with E-state index in [1.54, 1.807) is 43.5 Å². The van der Waals surface area contributed by atoms with Gasteiger partial charge in [-0.1, -0.05) is 0 Å². The molecule has 0 unspecified atom stereocenters. The van der Waals surface area contributed by atoms with E-state index in [2.05, 4.69) is 9.97 Å². The second-order valence-corrected chi connectivity index (χ2v) is 11.7. The average Bonchev–Trinajstić information content (AvgIpc) is 3.64. The highest BCUT2D eigenvalue weighted by Gasteiger charge is 2.42. The Balaban J connectivity index is 1.54. The van der Waals surface area contributed by atoms with E-state index in [9.17, 15) is 22.0 Å². The van der Waals surface area contributed by atoms with Crippen molar-refractivity contribution in [2.45, 2.75) is 36.1 Å². The summed E-state index contributed by atoms with van der Waals surface area (Å²) >= 11 is 0. The number of benzene rings is 1. The number of nitrogens with zero attached hydrogens (tertiary/aromatic N) is 4. The summed E-state index contributed by atoms with van der Waals surface area (Å²) in [6, 6.07) is 9.14. The fourth-order valence-corrected chi connectivity index (χ4v) is 6.89. The number of likely N-dealkylation sites (N-methyl/N-ethyl adjacent to an activating group) is 1. The Morgan fingerprint density at radius 3 is 2.79 bits per heavy atom. The van der Waals surface area contributed by atoms with E-state index in [1.165, 1.54) is 21.3 Å². The lowest BCUT2D eigenvalue weighted by molar-refractivity contribution is -0.133. The quantitative estimate of drug-likeness (QED) is 0.465. The summed E-state index contributed by atoms with van der Waals surface area (Å²) in [6.07, 6.45) is 2.37. The summed E-state index contributed by atoms with van der Waals surface area (Å²) in [5.74, 6) is -3.09. The number of nitrogens with one attached hydrogen (secondary N) is 1. The molecule has 9 nitrogen and oxygen atoms in total. The zero-order chi connectivity index (χ0) is 27.1. The van der Waals surface area contributed by atoms with E-state index in [-0.39, 0.29) is 30.3 Å². The van der Waals surface area contributed by atoms with Crippen LogP contribution in [0, 0.1) is 0 Å². The van der Waals surface area contributed by atoms with Crippen molar-refractivity contribution in [1.82, 2.24) is 19.2 Å². The summed E-state index contributed by atoms with van der Waals surface area (Å²) < 4.78 is 62.2. The molecular weight excluding hydrogens is 516 g/mol. The number of carbonyl (C=O) groups is 1. The highest BCUT2D eigenvalue weighted by molar-refractivity contribution is 7.89. The molecule has 2 fully saturated rings. The number of pyridine rings is 1. The van der Waals surface area contributed by atoms with E-state index in [0.717, 1.165) is 5.52 Å². The molecule has 2 aromatic heterocycles. The van der Waals surface area contributed by atoms with Gasteiger partial charge in [-0.3, -0.25) is 9.78 Å². The van der Waals surface area contributed by atoms with Gasteiger partial charge in [-0.15, -0.1) is 0 Å². The molecule has 38 heavy (non-hydrogen) atoms. The third-order valence-electron chi connectivity index (χ3n) is 7.26. The topological polar surface area (TPSA) is 98.8 Å². The first-order chi connectivity index (χ1) is 18.1. The Kier molecular flexibility index (Phi) is 7.14. The minimum atomic E-state index is -4.05. The highest BCUT2D eigenvalue weighted by atomic mass is 32.2. The van der Waals surface area contributed by atoms with Crippen LogP contribution in [0.4, 0.5) is 14.5 Å². The van der Waals surface area contributed by atoms with Crippen molar-refractivity contribution in [3.8, 4) is 11.3 Å². The predicted molar refractivity (Wildman–Crippen MR) is 140 cm³/mol. The molecule has 4 heterocycles. The van der Waals surface area contributed by atoms with Crippen molar-refractivity contribution in [2.75, 3.05) is 51.8 Å². The van der Waals surface area contributed by atoms with Crippen LogP contribution in [0.5, 0.6) is 0 Å². The Labute approximate surface area is 220 Å². The van der Waals surface area contributed by atoms with Crippen LogP contribution in [-0.4, -0.2) is 92.4 Å². The fraction of sp³-hybridized carbons (Fsp3) is 0.462. The molecule has 1 N–H and O–H groups in total. The number of hydrogen-bond donors (Lipinski definition) is 1. The molecule has 1 amide bonds. The van der Waals surface area contributed by atoms with Gasteiger partial charge in [0.25, 0.3) is 5.92 Å². The number of hydrogen-bond acceptors (Lipinski definition) is 6. The molecule has 0 radical (unpaired) electrons. The first-order valence-electron chi connectivity index (χ1n) is 12.6. The largest absolute Gasteiger partial charge is 0.383 e. The van der Waals surface area contributed by atoms with Gasteiger partial charge in [0.05, 0.1) is 34.8 Å². The van der Waals surface area contributed by atoms with Crippen molar-refractivity contribution >= 4 is 32.7 Å². The normalized spacial score (nSPS) is 19.9. The van der Waals surface area contributed by atoms with Gasteiger partial charge in [0, 0.05) is 57.7 Å². The molecule has 5 rings (SSSR count). The number of anilines is 1. The molecule has 0 bridgehead atoms. The minimum absolute atomic E-state index is 0.00747. The number of sulfonamides is 1. The number of H-pyrrole nitrogens is 1. The lowest BCUT2D eigenvalue weighted by atomic mass is 10.1. The van der Waals surface area contributed by atoms with Gasteiger partial charge < -0.3 is 19.5 Å². The van der Waals surface area contributed by atoms with E-state index in [0.29, 0.717) is 48.5 Å². The first kappa shape index (κ1) is 26.5. The summed E-state index contributed by atoms with van der Waals surface area (Å²) in [4.78, 5) is 23.8. The number of methoxy groups -OCH3 is 1. The maximum absolute atomic E-state index is 14.1. The van der Waals surface area contributed by atoms with Crippen molar-refractivity contribution in [3.63, 3.8) is 0 Å². The second kappa shape index (κ2) is 10.2. The molecular formula is C26H31F2N5O4S. The molecule has 12 heteroatoms. The Morgan fingerprint density at radius 1 is 1.26 bits per heavy atom. The van der Waals surface area contributed by atoms with Crippen molar-refractivity contribution in [2.24, 2.45) is 0 Å². The fourth-order valence-electron chi connectivity index (χ4n) is 5.21. The van der Waals surface area contributed by atoms with Crippen LogP contribution in [0.15, 0.2) is 47.5 Å². The third kappa shape index (κ3) is 4.99. The van der Waals surface area contributed by atoms with E-state index >= 15 is 0 Å². The van der Waals surface area contributed by atoms with Gasteiger partial charge in [0.15, 0.2) is 0 Å². The molecule has 3 aromatic rings. The van der Waals surface area contributed by atoms with Crippen LogP contribution in [0.1, 0.15) is 19.3 Å². The Bertz CT molecular complexity index is 1410. The number of halogens is 2. The van der Waals surface area contributed by atoms with Crippen LogP contribution in [0.2, 0.25) is 0 Å². The number of ether oxygens (including phenoxy) is 1. The van der Waals surface area contributed by atoms with E-state index in [4.69, 9.17) is 4.74 Å². The second-order valence-electron chi connectivity index (χ2n) is 9.85. The van der Waals surface area contributed by atoms with Crippen LogP contribution >= 0.6 is 0 Å². The van der Waals surface area contributed by atoms with Crippen molar-refractivity contribution in [1.29, 1.82) is 0 Å². The molecule has 1 atom stereocenters. The summed E-state index contributed by atoms with van der Waals surface area (Å²) in [6.45, 7) is 0.639. The minimum Gasteiger partial charge on any atom is -0.383 e. The lowest BCUT2D eigenvalue weighted by Gasteiger charge is -2.28. The van der Waals surface area contributed by atoms with Gasteiger partial charge in [-0.05, 0) is 49.2 Å². The average molecular weight is 548 g/mol. The van der Waals surface area contributed by atoms with Gasteiger partial charge in [-0.2, -0.15) is 4.31 Å². The van der Waals surface area contributed by atoms with Crippen LogP contribution in [0.3, 0.4) is 0 Å². The molecule has 0 spiro atoms. The monoisotopic (exact) mass is 547 g/mol. The van der Waals surface area contributed by atoms with Crippen molar-refractivity contribution in [3.05, 3.63) is 42.6 Å². The van der Waals surface area contributed by atoms with E-state index in [1.807, 2.05) is 6.07 Å². The number of fused-ring (bicyclic) bond motifs is 1. The number of aromatic nitrogens is 2. The van der Waals surface area contributed by atoms with Crippen LogP contribution in [-0.2, 0) is 19.6 Å². The van der Waals surface area contributed by atoms with Gasteiger partial charge in [0.1, 0.15) is 6.04 Å². The molecule has 2 aliphatic heterocycles. The Hall–Kier alpha value is -3.09. The first-order valence-corrected chi connectivity index (χ1v) is 14.0. The number of rotatable bonds is 8. The van der Waals surface area contributed by atoms with Gasteiger partial charge >= 0.3 is 0 Å². The summed E-state index contributed by atoms with van der Waals surface area (Å²) in [7, 11) is -0.880. The van der Waals surface area contributed by atoms with E-state index < -0.39 is 28.5 Å². The maximum Gasteiger partial charge on any atom is 0.266 e. The predicted octanol–water partition coefficient (Wildman–Crippen LogP) is 3.33. The molecule has 0 aliphatic carbocycles. The molecule has 2 aliphatic rings. The number of carbonyl (C=O) groups excluding carboxylic acids is 1. The number of aromatic amines is 1. The summed E-state index contributed by atoms with van der Waals surface area (Å²) in [5.41, 5.74) is 3.01. The molecule has 2 saturated heterocycles. The number of alkyl halides is 2. The van der Waals surface area contributed by atoms with Gasteiger partial charge in [-0.25, -0.2) is 17.2 Å². The van der Waals surface area contributed by atoms with Gasteiger partial charge in [0.2, 0.25) is 15.9 Å².